The highest BCUT2D eigenvalue weighted by molar-refractivity contribution is 5.85. The molecule has 1 N–H and O–H groups in total. The number of benzene rings is 1. The lowest BCUT2D eigenvalue weighted by atomic mass is 9.78. The van der Waals surface area contributed by atoms with Crippen molar-refractivity contribution in [1.82, 2.24) is 14.9 Å². The number of hydrogen-bond acceptors (Lipinski definition) is 2. The average Bonchev–Trinajstić information content (AvgIpc) is 2.58. The lowest BCUT2D eigenvalue weighted by molar-refractivity contribution is 0.550. The fraction of sp³-hybridized carbons (Fsp3) is 0.533. The molecule has 2 aromatic rings. The van der Waals surface area contributed by atoms with Crippen LogP contribution in [0.15, 0.2) is 18.5 Å². The summed E-state index contributed by atoms with van der Waals surface area (Å²) in [4.78, 5) is 4.55. The molecule has 3 aliphatic rings. The SMILES string of the molecule is CCn1cnc2cc3c(cc21)C1CCC3CNC1.Cl. The molecule has 4 heteroatoms. The van der Waals surface area contributed by atoms with E-state index in [2.05, 4.69) is 33.9 Å². The maximum absolute atomic E-state index is 4.55. The lowest BCUT2D eigenvalue weighted by Crippen LogP contribution is -2.18. The smallest absolute Gasteiger partial charge is 0.0958 e. The summed E-state index contributed by atoms with van der Waals surface area (Å²) in [6.45, 7) is 5.47. The van der Waals surface area contributed by atoms with Gasteiger partial charge in [-0.3, -0.25) is 0 Å². The van der Waals surface area contributed by atoms with Gasteiger partial charge >= 0.3 is 0 Å². The van der Waals surface area contributed by atoms with Crippen molar-refractivity contribution in [2.45, 2.75) is 38.1 Å². The van der Waals surface area contributed by atoms with Crippen LogP contribution in [0.4, 0.5) is 0 Å². The topological polar surface area (TPSA) is 29.9 Å². The Hall–Kier alpha value is -1.06. The minimum absolute atomic E-state index is 0. The minimum Gasteiger partial charge on any atom is -0.331 e. The van der Waals surface area contributed by atoms with Crippen molar-refractivity contribution in [1.29, 1.82) is 0 Å². The zero-order valence-corrected chi connectivity index (χ0v) is 12.0. The maximum atomic E-state index is 4.55. The molecule has 5 rings (SSSR count). The lowest BCUT2D eigenvalue weighted by Gasteiger charge is -2.26. The van der Waals surface area contributed by atoms with Crippen LogP contribution < -0.4 is 5.32 Å². The van der Waals surface area contributed by atoms with Crippen LogP contribution >= 0.6 is 12.4 Å². The van der Waals surface area contributed by atoms with Gasteiger partial charge in [-0.15, -0.1) is 12.4 Å². The van der Waals surface area contributed by atoms with E-state index in [0.717, 1.165) is 19.6 Å². The van der Waals surface area contributed by atoms with Crippen molar-refractivity contribution >= 4 is 23.4 Å². The molecule has 0 amide bonds. The van der Waals surface area contributed by atoms with Crippen molar-refractivity contribution in [3.63, 3.8) is 0 Å². The van der Waals surface area contributed by atoms with Gasteiger partial charge in [0, 0.05) is 19.6 Å². The van der Waals surface area contributed by atoms with E-state index < -0.39 is 0 Å². The molecule has 2 aliphatic heterocycles. The first kappa shape index (κ1) is 12.9. The first-order valence-electron chi connectivity index (χ1n) is 7.06. The number of nitrogens with one attached hydrogen (secondary N) is 1. The monoisotopic (exact) mass is 277 g/mol. The molecule has 102 valence electrons. The molecule has 19 heavy (non-hydrogen) atoms. The summed E-state index contributed by atoms with van der Waals surface area (Å²) >= 11 is 0. The van der Waals surface area contributed by atoms with Gasteiger partial charge in [0.15, 0.2) is 0 Å². The Morgan fingerprint density at radius 3 is 2.58 bits per heavy atom. The highest BCUT2D eigenvalue weighted by atomic mass is 35.5. The predicted molar refractivity (Wildman–Crippen MR) is 80.2 cm³/mol. The number of fused-ring (bicyclic) bond motifs is 4. The van der Waals surface area contributed by atoms with Gasteiger partial charge in [0.05, 0.1) is 17.4 Å². The Morgan fingerprint density at radius 2 is 1.89 bits per heavy atom. The fourth-order valence-electron chi connectivity index (χ4n) is 3.66. The third-order valence-corrected chi connectivity index (χ3v) is 4.69. The van der Waals surface area contributed by atoms with Crippen LogP contribution in [0.1, 0.15) is 42.7 Å². The summed E-state index contributed by atoms with van der Waals surface area (Å²) in [6.07, 6.45) is 4.66. The summed E-state index contributed by atoms with van der Waals surface area (Å²) < 4.78 is 2.25. The molecule has 2 atom stereocenters. The normalized spacial score (nSPS) is 24.9. The van der Waals surface area contributed by atoms with Gasteiger partial charge < -0.3 is 9.88 Å². The zero-order chi connectivity index (χ0) is 12.1. The summed E-state index contributed by atoms with van der Waals surface area (Å²) in [5.41, 5.74) is 5.62. The van der Waals surface area contributed by atoms with Crippen molar-refractivity contribution in [3.8, 4) is 0 Å². The summed E-state index contributed by atoms with van der Waals surface area (Å²) in [6, 6.07) is 4.76. The number of nitrogens with zero attached hydrogens (tertiary/aromatic N) is 2. The van der Waals surface area contributed by atoms with Crippen LogP contribution in [0.5, 0.6) is 0 Å². The van der Waals surface area contributed by atoms with E-state index in [-0.39, 0.29) is 12.4 Å². The van der Waals surface area contributed by atoms with E-state index in [1.54, 1.807) is 11.1 Å². The van der Waals surface area contributed by atoms with Gasteiger partial charge in [-0.05, 0) is 54.9 Å². The Labute approximate surface area is 119 Å². The first-order valence-corrected chi connectivity index (χ1v) is 7.06. The van der Waals surface area contributed by atoms with Crippen molar-refractivity contribution in [2.24, 2.45) is 0 Å². The Kier molecular flexibility index (Phi) is 3.27. The van der Waals surface area contributed by atoms with Gasteiger partial charge in [0.1, 0.15) is 0 Å². The standard InChI is InChI=1S/C15H19N3.ClH/c1-2-18-9-17-14-5-12-10-3-4-11(8-16-7-10)13(12)6-15(14)18;/h5-6,9-11,16H,2-4,7-8H2,1H3;1H. The summed E-state index contributed by atoms with van der Waals surface area (Å²) in [5.74, 6) is 1.42. The number of hydrogen-bond donors (Lipinski definition) is 1. The third kappa shape index (κ3) is 1.87. The largest absolute Gasteiger partial charge is 0.331 e. The molecule has 3 nitrogen and oxygen atoms in total. The second kappa shape index (κ2) is 4.80. The molecule has 3 heterocycles. The van der Waals surface area contributed by atoms with E-state index in [1.807, 2.05) is 6.33 Å². The number of imidazole rings is 1. The zero-order valence-electron chi connectivity index (χ0n) is 11.2. The summed E-state index contributed by atoms with van der Waals surface area (Å²) in [7, 11) is 0. The molecule has 1 saturated heterocycles. The van der Waals surface area contributed by atoms with Crippen LogP contribution in [0, 0.1) is 0 Å². The van der Waals surface area contributed by atoms with Gasteiger partial charge in [-0.25, -0.2) is 4.98 Å². The van der Waals surface area contributed by atoms with Gasteiger partial charge in [-0.2, -0.15) is 0 Å². The molecule has 0 saturated carbocycles. The van der Waals surface area contributed by atoms with Crippen molar-refractivity contribution < 1.29 is 0 Å². The van der Waals surface area contributed by atoms with Crippen LogP contribution in [-0.4, -0.2) is 22.6 Å². The molecular weight excluding hydrogens is 258 g/mol. The molecule has 1 aromatic carbocycles. The van der Waals surface area contributed by atoms with Crippen LogP contribution in [0.3, 0.4) is 0 Å². The second-order valence-corrected chi connectivity index (χ2v) is 5.63. The maximum Gasteiger partial charge on any atom is 0.0958 e. The number of rotatable bonds is 1. The molecular formula is C15H20ClN3. The second-order valence-electron chi connectivity index (χ2n) is 5.63. The molecule has 0 spiro atoms. The van der Waals surface area contributed by atoms with E-state index >= 15 is 0 Å². The van der Waals surface area contributed by atoms with Crippen LogP contribution in [0.2, 0.25) is 0 Å². The minimum atomic E-state index is 0. The highest BCUT2D eigenvalue weighted by Gasteiger charge is 2.30. The quantitative estimate of drug-likeness (QED) is 0.868. The van der Waals surface area contributed by atoms with Gasteiger partial charge in [0.25, 0.3) is 0 Å². The van der Waals surface area contributed by atoms with Crippen LogP contribution in [0.25, 0.3) is 11.0 Å². The van der Waals surface area contributed by atoms with Gasteiger partial charge in [-0.1, -0.05) is 0 Å². The number of aromatic nitrogens is 2. The van der Waals surface area contributed by atoms with Crippen LogP contribution in [-0.2, 0) is 6.54 Å². The van der Waals surface area contributed by atoms with E-state index in [9.17, 15) is 0 Å². The Bertz CT molecular complexity index is 601. The third-order valence-electron chi connectivity index (χ3n) is 4.69. The van der Waals surface area contributed by atoms with E-state index in [1.165, 1.54) is 23.9 Å². The van der Waals surface area contributed by atoms with E-state index in [0.29, 0.717) is 11.8 Å². The molecule has 2 bridgehead atoms. The molecule has 1 fully saturated rings. The Morgan fingerprint density at radius 1 is 1.21 bits per heavy atom. The van der Waals surface area contributed by atoms with Gasteiger partial charge in [0.2, 0.25) is 0 Å². The van der Waals surface area contributed by atoms with Crippen molar-refractivity contribution in [3.05, 3.63) is 29.6 Å². The first-order chi connectivity index (χ1) is 8.86. The fourth-order valence-corrected chi connectivity index (χ4v) is 3.66. The van der Waals surface area contributed by atoms with Crippen molar-refractivity contribution in [2.75, 3.05) is 13.1 Å². The van der Waals surface area contributed by atoms with E-state index in [4.69, 9.17) is 0 Å². The summed E-state index contributed by atoms with van der Waals surface area (Å²) in [5, 5.41) is 3.60. The molecule has 1 aromatic heterocycles. The predicted octanol–water partition coefficient (Wildman–Crippen LogP) is 3.04. The number of halogens is 1. The molecule has 0 radical (unpaired) electrons. The average molecular weight is 278 g/mol. The molecule has 1 aliphatic carbocycles. The number of aryl methyl sites for hydroxylation is 1. The highest BCUT2D eigenvalue weighted by Crippen LogP contribution is 2.41. The molecule has 2 unspecified atom stereocenters. The Balaban J connectivity index is 0.00000110.